The predicted molar refractivity (Wildman–Crippen MR) is 73.1 cm³/mol. The summed E-state index contributed by atoms with van der Waals surface area (Å²) in [6.45, 7) is 2.21. The molecule has 0 unspecified atom stereocenters. The Morgan fingerprint density at radius 3 is 2.56 bits per heavy atom. The van der Waals surface area contributed by atoms with E-state index in [-0.39, 0.29) is 0 Å². The first kappa shape index (κ1) is 14.1. The lowest BCUT2D eigenvalue weighted by Gasteiger charge is -2.20. The van der Waals surface area contributed by atoms with Gasteiger partial charge in [-0.25, -0.2) is 0 Å². The van der Waals surface area contributed by atoms with Crippen molar-refractivity contribution >= 4 is 17.5 Å². The van der Waals surface area contributed by atoms with Gasteiger partial charge in [0.15, 0.2) is 0 Å². The summed E-state index contributed by atoms with van der Waals surface area (Å²) in [7, 11) is 0. The van der Waals surface area contributed by atoms with Gasteiger partial charge in [0, 0.05) is 11.7 Å². The fourth-order valence-electron chi connectivity index (χ4n) is 2.26. The number of Topliss-reactive ketones (excluding diaryl/α,β-unsaturated/α-hetero) is 1. The molecule has 0 spiro atoms. The van der Waals surface area contributed by atoms with Crippen LogP contribution in [0.4, 0.5) is 0 Å². The molecule has 1 nitrogen and oxygen atoms in total. The van der Waals surface area contributed by atoms with E-state index in [0.29, 0.717) is 5.78 Å². The van der Waals surface area contributed by atoms with Crippen LogP contribution < -0.4 is 0 Å². The van der Waals surface area contributed by atoms with E-state index < -0.39 is 0 Å². The van der Waals surface area contributed by atoms with Crippen LogP contribution in [-0.2, 0) is 4.79 Å². The molecule has 1 aliphatic rings. The molecule has 1 aliphatic carbocycles. The van der Waals surface area contributed by atoms with Crippen LogP contribution in [0.5, 0.6) is 0 Å². The zero-order valence-electron chi connectivity index (χ0n) is 10.7. The van der Waals surface area contributed by atoms with E-state index in [1.807, 2.05) is 11.8 Å². The van der Waals surface area contributed by atoms with Crippen molar-refractivity contribution in [1.29, 1.82) is 0 Å². The summed E-state index contributed by atoms with van der Waals surface area (Å²) < 4.78 is 0. The lowest BCUT2D eigenvalue weighted by molar-refractivity contribution is -0.116. The van der Waals surface area contributed by atoms with Gasteiger partial charge in [-0.05, 0) is 19.3 Å². The average Bonchev–Trinajstić information content (AvgIpc) is 2.33. The Hall–Kier alpha value is 0.0200. The monoisotopic (exact) mass is 242 g/mol. The maximum atomic E-state index is 11.6. The van der Waals surface area contributed by atoms with Gasteiger partial charge >= 0.3 is 0 Å². The summed E-state index contributed by atoms with van der Waals surface area (Å²) in [5.74, 6) is 1.25. The van der Waals surface area contributed by atoms with Gasteiger partial charge in [-0.15, -0.1) is 0 Å². The number of thioether (sulfide) groups is 1. The lowest BCUT2D eigenvalue weighted by Crippen LogP contribution is -2.12. The highest BCUT2D eigenvalue weighted by Gasteiger charge is 2.14. The Labute approximate surface area is 105 Å². The molecule has 0 heterocycles. The van der Waals surface area contributed by atoms with Gasteiger partial charge < -0.3 is 0 Å². The van der Waals surface area contributed by atoms with Gasteiger partial charge in [-0.3, -0.25) is 4.79 Å². The molecular weight excluding hydrogens is 216 g/mol. The first-order chi connectivity index (χ1) is 7.83. The quantitative estimate of drug-likeness (QED) is 0.579. The molecule has 2 heteroatoms. The number of unbranched alkanes of at least 4 members (excludes halogenated alkanes) is 3. The first-order valence-corrected chi connectivity index (χ1v) is 8.01. The second-order valence-corrected chi connectivity index (χ2v) is 6.21. The highest BCUT2D eigenvalue weighted by molar-refractivity contribution is 8.00. The summed E-state index contributed by atoms with van der Waals surface area (Å²) in [6.07, 6.45) is 12.5. The number of hydrogen-bond donors (Lipinski definition) is 0. The highest BCUT2D eigenvalue weighted by atomic mass is 32.2. The Bertz CT molecular complexity index is 185. The Morgan fingerprint density at radius 1 is 1.12 bits per heavy atom. The summed E-state index contributed by atoms with van der Waals surface area (Å²) in [5.41, 5.74) is 0. The zero-order valence-corrected chi connectivity index (χ0v) is 11.5. The van der Waals surface area contributed by atoms with Crippen molar-refractivity contribution in [3.8, 4) is 0 Å². The van der Waals surface area contributed by atoms with E-state index in [9.17, 15) is 4.79 Å². The molecular formula is C14H26OS. The Balaban J connectivity index is 1.96. The third kappa shape index (κ3) is 6.57. The van der Waals surface area contributed by atoms with Crippen LogP contribution in [0.3, 0.4) is 0 Å². The lowest BCUT2D eigenvalue weighted by atomic mass is 10.0. The van der Waals surface area contributed by atoms with Crippen molar-refractivity contribution in [2.24, 2.45) is 0 Å². The maximum absolute atomic E-state index is 11.6. The smallest absolute Gasteiger partial charge is 0.142 e. The predicted octanol–water partition coefficient (Wildman–Crippen LogP) is 4.59. The molecule has 0 atom stereocenters. The average molecular weight is 242 g/mol. The van der Waals surface area contributed by atoms with E-state index in [0.717, 1.165) is 23.8 Å². The van der Waals surface area contributed by atoms with E-state index in [1.165, 1.54) is 51.4 Å². The summed E-state index contributed by atoms with van der Waals surface area (Å²) >= 11 is 1.92. The van der Waals surface area contributed by atoms with Crippen molar-refractivity contribution in [2.75, 3.05) is 5.75 Å². The van der Waals surface area contributed by atoms with Crippen LogP contribution in [-0.4, -0.2) is 16.8 Å². The molecule has 0 N–H and O–H groups in total. The second-order valence-electron chi connectivity index (χ2n) is 4.92. The zero-order chi connectivity index (χ0) is 11.6. The van der Waals surface area contributed by atoms with Crippen LogP contribution in [0.2, 0.25) is 0 Å². The Morgan fingerprint density at radius 2 is 1.88 bits per heavy atom. The topological polar surface area (TPSA) is 17.1 Å². The Kier molecular flexibility index (Phi) is 8.00. The number of carbonyl (C=O) groups is 1. The molecule has 1 saturated carbocycles. The highest BCUT2D eigenvalue weighted by Crippen LogP contribution is 2.28. The minimum atomic E-state index is 0.478. The molecule has 0 bridgehead atoms. The third-order valence-corrected chi connectivity index (χ3v) is 4.77. The molecule has 0 aromatic carbocycles. The van der Waals surface area contributed by atoms with Gasteiger partial charge in [0.05, 0.1) is 5.75 Å². The van der Waals surface area contributed by atoms with Crippen molar-refractivity contribution < 1.29 is 4.79 Å². The molecule has 0 aromatic heterocycles. The molecule has 0 saturated heterocycles. The molecule has 1 rings (SSSR count). The van der Waals surface area contributed by atoms with E-state index in [2.05, 4.69) is 6.92 Å². The number of ketones is 1. The molecule has 0 radical (unpaired) electrons. The van der Waals surface area contributed by atoms with Crippen molar-refractivity contribution in [2.45, 2.75) is 76.4 Å². The number of hydrogen-bond acceptors (Lipinski definition) is 2. The van der Waals surface area contributed by atoms with Crippen molar-refractivity contribution in [3.05, 3.63) is 0 Å². The van der Waals surface area contributed by atoms with E-state index in [4.69, 9.17) is 0 Å². The SMILES string of the molecule is CCCCCCC(=O)CSC1CCCCC1. The normalized spacial score (nSPS) is 17.6. The fraction of sp³-hybridized carbons (Fsp3) is 0.929. The van der Waals surface area contributed by atoms with Gasteiger partial charge in [0.2, 0.25) is 0 Å². The molecule has 94 valence electrons. The van der Waals surface area contributed by atoms with Crippen LogP contribution >= 0.6 is 11.8 Å². The maximum Gasteiger partial charge on any atom is 0.142 e. The minimum absolute atomic E-state index is 0.478. The second kappa shape index (κ2) is 9.09. The molecule has 0 aromatic rings. The van der Waals surface area contributed by atoms with Crippen molar-refractivity contribution in [3.63, 3.8) is 0 Å². The summed E-state index contributed by atoms with van der Waals surface area (Å²) in [5, 5.41) is 0.786. The standard InChI is InChI=1S/C14H26OS/c1-2-3-4-6-9-13(15)12-16-14-10-7-5-8-11-14/h14H,2-12H2,1H3. The van der Waals surface area contributed by atoms with Crippen molar-refractivity contribution in [1.82, 2.24) is 0 Å². The van der Waals surface area contributed by atoms with Crippen LogP contribution in [0, 0.1) is 0 Å². The first-order valence-electron chi connectivity index (χ1n) is 6.96. The molecule has 0 aliphatic heterocycles. The minimum Gasteiger partial charge on any atom is -0.299 e. The summed E-state index contributed by atoms with van der Waals surface area (Å²) in [4.78, 5) is 11.6. The largest absolute Gasteiger partial charge is 0.299 e. The molecule has 16 heavy (non-hydrogen) atoms. The van der Waals surface area contributed by atoms with Gasteiger partial charge in [-0.1, -0.05) is 45.4 Å². The van der Waals surface area contributed by atoms with Gasteiger partial charge in [0.25, 0.3) is 0 Å². The number of rotatable bonds is 8. The summed E-state index contributed by atoms with van der Waals surface area (Å²) in [6, 6.07) is 0. The van der Waals surface area contributed by atoms with Crippen LogP contribution in [0.1, 0.15) is 71.1 Å². The van der Waals surface area contributed by atoms with Gasteiger partial charge in [0.1, 0.15) is 5.78 Å². The third-order valence-electron chi connectivity index (χ3n) is 3.34. The molecule has 0 amide bonds. The van der Waals surface area contributed by atoms with Crippen LogP contribution in [0.15, 0.2) is 0 Å². The van der Waals surface area contributed by atoms with E-state index in [1.54, 1.807) is 0 Å². The fourth-order valence-corrected chi connectivity index (χ4v) is 3.50. The molecule has 1 fully saturated rings. The number of carbonyl (C=O) groups excluding carboxylic acids is 1. The van der Waals surface area contributed by atoms with Crippen LogP contribution in [0.25, 0.3) is 0 Å². The van der Waals surface area contributed by atoms with E-state index >= 15 is 0 Å². The van der Waals surface area contributed by atoms with Gasteiger partial charge in [-0.2, -0.15) is 11.8 Å².